The fourth-order valence-electron chi connectivity index (χ4n) is 3.73. The van der Waals surface area contributed by atoms with E-state index >= 15 is 0 Å². The second-order valence-electron chi connectivity index (χ2n) is 6.15. The maximum absolute atomic E-state index is 11.8. The maximum atomic E-state index is 11.8. The van der Waals surface area contributed by atoms with Crippen LogP contribution in [0, 0.1) is 0 Å². The van der Waals surface area contributed by atoms with Gasteiger partial charge in [0.1, 0.15) is 6.04 Å². The van der Waals surface area contributed by atoms with Crippen molar-refractivity contribution in [1.82, 2.24) is 10.3 Å². The summed E-state index contributed by atoms with van der Waals surface area (Å²) in [5, 5.41) is 16.3. The first-order valence-electron chi connectivity index (χ1n) is 7.90. The molecule has 2 atom stereocenters. The number of carbonyl (C=O) groups is 1. The van der Waals surface area contributed by atoms with Crippen molar-refractivity contribution < 1.29 is 9.90 Å². The van der Waals surface area contributed by atoms with Crippen molar-refractivity contribution in [3.63, 3.8) is 0 Å². The van der Waals surface area contributed by atoms with Crippen LogP contribution in [0.25, 0.3) is 10.9 Å². The molecule has 124 valence electrons. The van der Waals surface area contributed by atoms with Crippen molar-refractivity contribution >= 4 is 44.1 Å². The van der Waals surface area contributed by atoms with Crippen LogP contribution in [-0.4, -0.2) is 22.1 Å². The molecule has 4 nitrogen and oxygen atoms in total. The topological polar surface area (TPSA) is 65.1 Å². The zero-order chi connectivity index (χ0) is 16.9. The maximum Gasteiger partial charge on any atom is 0.321 e. The molecule has 24 heavy (non-hydrogen) atoms. The lowest BCUT2D eigenvalue weighted by molar-refractivity contribution is -0.140. The minimum absolute atomic E-state index is 0.489. The smallest absolute Gasteiger partial charge is 0.321 e. The summed E-state index contributed by atoms with van der Waals surface area (Å²) < 4.78 is 1.02. The van der Waals surface area contributed by atoms with Crippen LogP contribution in [0.4, 0.5) is 0 Å². The Labute approximate surface area is 152 Å². The number of benzene rings is 1. The number of hydrogen-bond donors (Lipinski definition) is 3. The van der Waals surface area contributed by atoms with E-state index in [-0.39, 0.29) is 0 Å². The van der Waals surface area contributed by atoms with E-state index in [4.69, 9.17) is 0 Å². The van der Waals surface area contributed by atoms with Crippen molar-refractivity contribution in [2.75, 3.05) is 0 Å². The number of carboxylic acids is 1. The predicted octanol–water partition coefficient (Wildman–Crippen LogP) is 4.24. The van der Waals surface area contributed by atoms with E-state index in [1.807, 2.05) is 23.6 Å². The molecule has 0 saturated heterocycles. The minimum Gasteiger partial charge on any atom is -0.480 e. The van der Waals surface area contributed by atoms with E-state index in [1.165, 1.54) is 0 Å². The highest BCUT2D eigenvalue weighted by Gasteiger charge is 2.45. The molecule has 0 fully saturated rings. The summed E-state index contributed by atoms with van der Waals surface area (Å²) in [4.78, 5) is 16.5. The van der Waals surface area contributed by atoms with E-state index in [2.05, 4.69) is 45.3 Å². The molecule has 0 radical (unpaired) electrons. The Morgan fingerprint density at radius 1 is 1.46 bits per heavy atom. The molecule has 0 spiro atoms. The van der Waals surface area contributed by atoms with Gasteiger partial charge in [-0.25, -0.2) is 0 Å². The number of aromatic amines is 1. The SMILES string of the molecule is CCC1(c2cc(Br)cs2)NC(C(=O)O)Cc2c1[nH]c1ccccc21. The third kappa shape index (κ3) is 2.24. The summed E-state index contributed by atoms with van der Waals surface area (Å²) in [7, 11) is 0. The Bertz CT molecular complexity index is 932. The molecule has 1 aliphatic heterocycles. The van der Waals surface area contributed by atoms with E-state index in [0.29, 0.717) is 6.42 Å². The minimum atomic E-state index is -0.806. The molecular weight excluding hydrogens is 388 g/mol. The van der Waals surface area contributed by atoms with Gasteiger partial charge in [0.05, 0.1) is 5.54 Å². The van der Waals surface area contributed by atoms with Gasteiger partial charge >= 0.3 is 5.97 Å². The number of nitrogens with one attached hydrogen (secondary N) is 2. The van der Waals surface area contributed by atoms with Crippen LogP contribution in [0.15, 0.2) is 40.2 Å². The van der Waals surface area contributed by atoms with Crippen LogP contribution in [0.3, 0.4) is 0 Å². The zero-order valence-electron chi connectivity index (χ0n) is 13.1. The number of aromatic nitrogens is 1. The van der Waals surface area contributed by atoms with Crippen LogP contribution < -0.4 is 5.32 Å². The van der Waals surface area contributed by atoms with Gasteiger partial charge < -0.3 is 10.1 Å². The number of halogens is 1. The first-order chi connectivity index (χ1) is 11.5. The van der Waals surface area contributed by atoms with E-state index in [1.54, 1.807) is 11.3 Å². The second-order valence-corrected chi connectivity index (χ2v) is 7.98. The van der Waals surface area contributed by atoms with Crippen LogP contribution in [0.5, 0.6) is 0 Å². The summed E-state index contributed by atoms with van der Waals surface area (Å²) in [6, 6.07) is 9.61. The van der Waals surface area contributed by atoms with Gasteiger partial charge in [-0.1, -0.05) is 25.1 Å². The lowest BCUT2D eigenvalue weighted by Crippen LogP contribution is -2.55. The molecule has 0 amide bonds. The van der Waals surface area contributed by atoms with Gasteiger partial charge in [-0.3, -0.25) is 10.1 Å². The molecule has 2 unspecified atom stereocenters. The number of fused-ring (bicyclic) bond motifs is 3. The average molecular weight is 405 g/mol. The van der Waals surface area contributed by atoms with Crippen LogP contribution in [-0.2, 0) is 16.8 Å². The summed E-state index contributed by atoms with van der Waals surface area (Å²) in [6.45, 7) is 2.10. The average Bonchev–Trinajstić information content (AvgIpc) is 3.18. The normalized spacial score (nSPS) is 23.3. The van der Waals surface area contributed by atoms with Gasteiger partial charge in [0, 0.05) is 37.7 Å². The quantitative estimate of drug-likeness (QED) is 0.611. The monoisotopic (exact) mass is 404 g/mol. The number of para-hydroxylation sites is 1. The summed E-state index contributed by atoms with van der Waals surface area (Å²) in [6.07, 6.45) is 1.26. The van der Waals surface area contributed by atoms with Gasteiger partial charge in [-0.05, 0) is 40.0 Å². The molecule has 0 bridgehead atoms. The molecule has 3 heterocycles. The van der Waals surface area contributed by atoms with E-state index in [9.17, 15) is 9.90 Å². The number of hydrogen-bond acceptors (Lipinski definition) is 3. The Hall–Kier alpha value is -1.63. The summed E-state index contributed by atoms with van der Waals surface area (Å²) >= 11 is 5.17. The number of rotatable bonds is 3. The summed E-state index contributed by atoms with van der Waals surface area (Å²) in [5.41, 5.74) is 2.76. The third-order valence-electron chi connectivity index (χ3n) is 4.89. The highest BCUT2D eigenvalue weighted by molar-refractivity contribution is 9.10. The molecule has 4 rings (SSSR count). The standard InChI is InChI=1S/C18H17BrN2O2S/c1-2-18(15-7-10(19)9-24-15)16-12(8-14(21-18)17(22)23)11-5-3-4-6-13(11)20-16/h3-7,9,14,20-21H,2,8H2,1H3,(H,22,23). The first kappa shape index (κ1) is 15.9. The van der Waals surface area contributed by atoms with Gasteiger partial charge in [0.2, 0.25) is 0 Å². The molecular formula is C18H17BrN2O2S. The summed E-state index contributed by atoms with van der Waals surface area (Å²) in [5.74, 6) is -0.806. The molecule has 3 aromatic rings. The van der Waals surface area contributed by atoms with Crippen molar-refractivity contribution in [1.29, 1.82) is 0 Å². The molecule has 1 aliphatic rings. The van der Waals surface area contributed by atoms with Crippen LogP contribution >= 0.6 is 27.3 Å². The fourth-order valence-corrected chi connectivity index (χ4v) is 5.40. The molecule has 2 aromatic heterocycles. The van der Waals surface area contributed by atoms with Crippen molar-refractivity contribution in [3.05, 3.63) is 56.3 Å². The Kier molecular flexibility index (Phi) is 3.78. The molecule has 3 N–H and O–H groups in total. The number of aliphatic carboxylic acids is 1. The third-order valence-corrected chi connectivity index (χ3v) is 6.74. The van der Waals surface area contributed by atoms with Crippen molar-refractivity contribution in [3.8, 4) is 0 Å². The van der Waals surface area contributed by atoms with Gasteiger partial charge in [0.15, 0.2) is 0 Å². The predicted molar refractivity (Wildman–Crippen MR) is 99.7 cm³/mol. The highest BCUT2D eigenvalue weighted by atomic mass is 79.9. The van der Waals surface area contributed by atoms with Crippen LogP contribution in [0.2, 0.25) is 0 Å². The molecule has 1 aromatic carbocycles. The van der Waals surface area contributed by atoms with Crippen molar-refractivity contribution in [2.24, 2.45) is 0 Å². The Morgan fingerprint density at radius 2 is 2.25 bits per heavy atom. The van der Waals surface area contributed by atoms with E-state index in [0.717, 1.165) is 37.9 Å². The number of carboxylic acid groups (broad SMARTS) is 1. The lowest BCUT2D eigenvalue weighted by atomic mass is 9.81. The number of thiophene rings is 1. The van der Waals surface area contributed by atoms with Crippen molar-refractivity contribution in [2.45, 2.75) is 31.3 Å². The fraction of sp³-hybridized carbons (Fsp3) is 0.278. The Morgan fingerprint density at radius 3 is 2.92 bits per heavy atom. The van der Waals surface area contributed by atoms with Crippen LogP contribution in [0.1, 0.15) is 29.5 Å². The van der Waals surface area contributed by atoms with Gasteiger partial charge in [-0.2, -0.15) is 0 Å². The molecule has 6 heteroatoms. The van der Waals surface area contributed by atoms with E-state index < -0.39 is 17.6 Å². The molecule has 0 saturated carbocycles. The second kappa shape index (κ2) is 5.72. The van der Waals surface area contributed by atoms with Gasteiger partial charge in [-0.15, -0.1) is 11.3 Å². The van der Waals surface area contributed by atoms with Gasteiger partial charge in [0.25, 0.3) is 0 Å². The largest absolute Gasteiger partial charge is 0.480 e. The number of H-pyrrole nitrogens is 1. The lowest BCUT2D eigenvalue weighted by Gasteiger charge is -2.40. The first-order valence-corrected chi connectivity index (χ1v) is 9.57. The highest BCUT2D eigenvalue weighted by Crippen LogP contribution is 2.44. The zero-order valence-corrected chi connectivity index (χ0v) is 15.5. The Balaban J connectivity index is 2.01. The molecule has 0 aliphatic carbocycles.